The maximum Gasteiger partial charge on any atom is 0.137 e. The maximum atomic E-state index is 4.23. The highest BCUT2D eigenvalue weighted by molar-refractivity contribution is 5.36. The number of hydrogen-bond donors (Lipinski definition) is 2. The number of fused-ring (bicyclic) bond motifs is 1. The predicted molar refractivity (Wildman–Crippen MR) is 56.4 cm³/mol. The van der Waals surface area contributed by atoms with Crippen LogP contribution in [0.1, 0.15) is 22.9 Å². The van der Waals surface area contributed by atoms with E-state index in [0.717, 1.165) is 18.9 Å². The molecule has 1 aromatic carbocycles. The van der Waals surface area contributed by atoms with Gasteiger partial charge in [0, 0.05) is 13.1 Å². The van der Waals surface area contributed by atoms with Crippen LogP contribution in [0.5, 0.6) is 0 Å². The highest BCUT2D eigenvalue weighted by Gasteiger charge is 2.22. The molecule has 0 saturated carbocycles. The summed E-state index contributed by atoms with van der Waals surface area (Å²) in [6.07, 6.45) is 1.56. The van der Waals surface area contributed by atoms with Crippen LogP contribution in [0.15, 0.2) is 30.6 Å². The summed E-state index contributed by atoms with van der Waals surface area (Å²) in [6.45, 7) is 1.87. The third-order valence-electron chi connectivity index (χ3n) is 2.86. The standard InChI is InChI=1S/C11H12N4/c1-2-4-9-8(3-1)5-12-6-10(9)11-13-7-14-15-11/h1-4,7,10,12H,5-6H2,(H,13,14,15). The Kier molecular flexibility index (Phi) is 1.99. The van der Waals surface area contributed by atoms with Crippen LogP contribution in [0, 0.1) is 0 Å². The van der Waals surface area contributed by atoms with Gasteiger partial charge in [0.1, 0.15) is 12.2 Å². The van der Waals surface area contributed by atoms with Gasteiger partial charge >= 0.3 is 0 Å². The molecule has 1 unspecified atom stereocenters. The zero-order valence-electron chi connectivity index (χ0n) is 8.27. The molecule has 2 N–H and O–H groups in total. The minimum Gasteiger partial charge on any atom is -0.312 e. The third-order valence-corrected chi connectivity index (χ3v) is 2.86. The Morgan fingerprint density at radius 1 is 1.27 bits per heavy atom. The van der Waals surface area contributed by atoms with Gasteiger partial charge in [-0.25, -0.2) is 4.98 Å². The van der Waals surface area contributed by atoms with Crippen LogP contribution in [-0.4, -0.2) is 21.7 Å². The van der Waals surface area contributed by atoms with E-state index in [4.69, 9.17) is 0 Å². The summed E-state index contributed by atoms with van der Waals surface area (Å²) < 4.78 is 0. The summed E-state index contributed by atoms with van der Waals surface area (Å²) in [6, 6.07) is 8.48. The summed E-state index contributed by atoms with van der Waals surface area (Å²) >= 11 is 0. The van der Waals surface area contributed by atoms with Crippen LogP contribution < -0.4 is 5.32 Å². The molecule has 0 bridgehead atoms. The molecule has 0 amide bonds. The van der Waals surface area contributed by atoms with Gasteiger partial charge in [0.2, 0.25) is 0 Å². The first-order chi connectivity index (χ1) is 7.45. The quantitative estimate of drug-likeness (QED) is 0.723. The lowest BCUT2D eigenvalue weighted by Crippen LogP contribution is -2.29. The summed E-state index contributed by atoms with van der Waals surface area (Å²) in [7, 11) is 0. The second-order valence-electron chi connectivity index (χ2n) is 3.75. The second kappa shape index (κ2) is 3.47. The zero-order chi connectivity index (χ0) is 10.1. The number of nitrogens with one attached hydrogen (secondary N) is 2. The van der Waals surface area contributed by atoms with Gasteiger partial charge in [0.05, 0.1) is 5.92 Å². The molecule has 1 atom stereocenters. The van der Waals surface area contributed by atoms with Gasteiger partial charge in [-0.2, -0.15) is 5.10 Å². The molecule has 1 aliphatic rings. The molecule has 0 saturated heterocycles. The van der Waals surface area contributed by atoms with Crippen molar-refractivity contribution < 1.29 is 0 Å². The van der Waals surface area contributed by atoms with Gasteiger partial charge < -0.3 is 5.32 Å². The van der Waals surface area contributed by atoms with Crippen LogP contribution in [-0.2, 0) is 6.54 Å². The van der Waals surface area contributed by atoms with E-state index in [0.29, 0.717) is 5.92 Å². The molecule has 2 aromatic rings. The van der Waals surface area contributed by atoms with E-state index in [1.54, 1.807) is 6.33 Å². The molecule has 2 heterocycles. The lowest BCUT2D eigenvalue weighted by atomic mass is 9.90. The van der Waals surface area contributed by atoms with E-state index in [1.807, 2.05) is 0 Å². The third kappa shape index (κ3) is 1.43. The van der Waals surface area contributed by atoms with Crippen LogP contribution in [0.2, 0.25) is 0 Å². The highest BCUT2D eigenvalue weighted by atomic mass is 15.2. The number of H-pyrrole nitrogens is 1. The normalized spacial score (nSPS) is 19.9. The van der Waals surface area contributed by atoms with Crippen molar-refractivity contribution in [2.45, 2.75) is 12.5 Å². The van der Waals surface area contributed by atoms with Crippen molar-refractivity contribution in [3.05, 3.63) is 47.5 Å². The van der Waals surface area contributed by atoms with Crippen molar-refractivity contribution in [2.24, 2.45) is 0 Å². The Morgan fingerprint density at radius 2 is 2.20 bits per heavy atom. The largest absolute Gasteiger partial charge is 0.312 e. The number of benzene rings is 1. The molecule has 4 heteroatoms. The fourth-order valence-electron chi connectivity index (χ4n) is 2.12. The monoisotopic (exact) mass is 200 g/mol. The van der Waals surface area contributed by atoms with Gasteiger partial charge in [-0.1, -0.05) is 24.3 Å². The summed E-state index contributed by atoms with van der Waals surface area (Å²) in [5.41, 5.74) is 2.71. The van der Waals surface area contributed by atoms with E-state index in [2.05, 4.69) is 44.8 Å². The average Bonchev–Trinajstić information content (AvgIpc) is 2.82. The van der Waals surface area contributed by atoms with E-state index >= 15 is 0 Å². The molecule has 0 fully saturated rings. The van der Waals surface area contributed by atoms with Crippen molar-refractivity contribution >= 4 is 0 Å². The highest BCUT2D eigenvalue weighted by Crippen LogP contribution is 2.27. The molecular formula is C11H12N4. The van der Waals surface area contributed by atoms with E-state index in [1.165, 1.54) is 11.1 Å². The Morgan fingerprint density at radius 3 is 3.07 bits per heavy atom. The van der Waals surface area contributed by atoms with Crippen LogP contribution in [0.25, 0.3) is 0 Å². The summed E-state index contributed by atoms with van der Waals surface area (Å²) in [4.78, 5) is 4.23. The van der Waals surface area contributed by atoms with Crippen molar-refractivity contribution in [1.29, 1.82) is 0 Å². The van der Waals surface area contributed by atoms with Crippen LogP contribution in [0.3, 0.4) is 0 Å². The average molecular weight is 200 g/mol. The van der Waals surface area contributed by atoms with E-state index in [9.17, 15) is 0 Å². The number of nitrogens with zero attached hydrogens (tertiary/aromatic N) is 2. The van der Waals surface area contributed by atoms with Gasteiger partial charge in [0.15, 0.2) is 0 Å². The minimum atomic E-state index is 0.303. The van der Waals surface area contributed by atoms with Gasteiger partial charge in [0.25, 0.3) is 0 Å². The molecule has 4 nitrogen and oxygen atoms in total. The number of rotatable bonds is 1. The van der Waals surface area contributed by atoms with E-state index in [-0.39, 0.29) is 0 Å². The van der Waals surface area contributed by atoms with Gasteiger partial charge in [-0.05, 0) is 11.1 Å². The molecule has 0 spiro atoms. The number of hydrogen-bond acceptors (Lipinski definition) is 3. The predicted octanol–water partition coefficient (Wildman–Crippen LogP) is 1.04. The first kappa shape index (κ1) is 8.61. The molecule has 0 aliphatic carbocycles. The number of aromatic nitrogens is 3. The second-order valence-corrected chi connectivity index (χ2v) is 3.75. The van der Waals surface area contributed by atoms with Crippen LogP contribution >= 0.6 is 0 Å². The Bertz CT molecular complexity index is 449. The maximum absolute atomic E-state index is 4.23. The van der Waals surface area contributed by atoms with Crippen LogP contribution in [0.4, 0.5) is 0 Å². The van der Waals surface area contributed by atoms with Gasteiger partial charge in [-0.3, -0.25) is 5.10 Å². The van der Waals surface area contributed by atoms with Crippen molar-refractivity contribution in [3.8, 4) is 0 Å². The SMILES string of the molecule is c1ccc2c(c1)CNCC2c1ncn[nH]1. The van der Waals surface area contributed by atoms with Crippen molar-refractivity contribution in [2.75, 3.05) is 6.54 Å². The zero-order valence-corrected chi connectivity index (χ0v) is 8.27. The Hall–Kier alpha value is -1.68. The molecule has 15 heavy (non-hydrogen) atoms. The summed E-state index contributed by atoms with van der Waals surface area (Å²) in [5, 5.41) is 10.2. The number of aromatic amines is 1. The molecular weight excluding hydrogens is 188 g/mol. The first-order valence-corrected chi connectivity index (χ1v) is 5.09. The topological polar surface area (TPSA) is 53.6 Å². The molecule has 1 aliphatic heterocycles. The fourth-order valence-corrected chi connectivity index (χ4v) is 2.12. The molecule has 0 radical (unpaired) electrons. The lowest BCUT2D eigenvalue weighted by Gasteiger charge is -2.24. The fraction of sp³-hybridized carbons (Fsp3) is 0.273. The first-order valence-electron chi connectivity index (χ1n) is 5.09. The molecule has 1 aromatic heterocycles. The molecule has 76 valence electrons. The summed E-state index contributed by atoms with van der Waals surface area (Å²) in [5.74, 6) is 1.24. The van der Waals surface area contributed by atoms with Crippen molar-refractivity contribution in [3.63, 3.8) is 0 Å². The smallest absolute Gasteiger partial charge is 0.137 e. The Balaban J connectivity index is 2.06. The van der Waals surface area contributed by atoms with Gasteiger partial charge in [-0.15, -0.1) is 0 Å². The van der Waals surface area contributed by atoms with Crippen molar-refractivity contribution in [1.82, 2.24) is 20.5 Å². The lowest BCUT2D eigenvalue weighted by molar-refractivity contribution is 0.573. The molecule has 3 rings (SSSR count). The van der Waals surface area contributed by atoms with E-state index < -0.39 is 0 Å². The Labute approximate surface area is 87.7 Å². The minimum absolute atomic E-state index is 0.303.